The number of rotatable bonds is 7. The highest BCUT2D eigenvalue weighted by molar-refractivity contribution is 7.62. The number of nitrogens with zero attached hydrogens (tertiary/aromatic N) is 2. The van der Waals surface area contributed by atoms with Crippen LogP contribution in [0.3, 0.4) is 0 Å². The van der Waals surface area contributed by atoms with Crippen LogP contribution >= 0.6 is 30.8 Å². The van der Waals surface area contributed by atoms with Crippen LogP contribution < -0.4 is 10.3 Å². The molecule has 0 saturated heterocycles. The van der Waals surface area contributed by atoms with Crippen LogP contribution in [0.1, 0.15) is 13.8 Å². The van der Waals surface area contributed by atoms with E-state index in [-0.39, 0.29) is 24.5 Å². The Morgan fingerprint density at radius 2 is 1.83 bits per heavy atom. The van der Waals surface area contributed by atoms with Crippen LogP contribution in [0.15, 0.2) is 22.6 Å². The van der Waals surface area contributed by atoms with Gasteiger partial charge in [0.1, 0.15) is 0 Å². The van der Waals surface area contributed by atoms with Gasteiger partial charge in [0.2, 0.25) is 17.2 Å². The molecule has 0 aliphatic heterocycles. The van der Waals surface area contributed by atoms with Gasteiger partial charge in [-0.3, -0.25) is 4.57 Å². The first-order valence-corrected chi connectivity index (χ1v) is 9.65. The lowest BCUT2D eigenvalue weighted by Gasteiger charge is -2.17. The Morgan fingerprint density at radius 3 is 2.33 bits per heavy atom. The number of hydrogen-bond acceptors (Lipinski definition) is 6. The molecular weight excluding hydrogens is 374 g/mol. The van der Waals surface area contributed by atoms with E-state index in [0.717, 1.165) is 0 Å². The normalized spacial score (nSPS) is 11.8. The van der Waals surface area contributed by atoms with Crippen LogP contribution in [0.2, 0.25) is 10.0 Å². The molecule has 1 heterocycles. The SMILES string of the molecule is CCOP(=O)(OCC)c1nc(-c2ccc(Cl)cc2Cl)oc1N(C)C. The number of aromatic nitrogens is 1. The molecule has 132 valence electrons. The van der Waals surface area contributed by atoms with Gasteiger partial charge in [-0.15, -0.1) is 0 Å². The van der Waals surface area contributed by atoms with Gasteiger partial charge in [-0.05, 0) is 32.0 Å². The molecule has 1 aromatic heterocycles. The number of anilines is 1. The van der Waals surface area contributed by atoms with Gasteiger partial charge in [0.15, 0.2) is 0 Å². The maximum atomic E-state index is 13.1. The summed E-state index contributed by atoms with van der Waals surface area (Å²) in [6.07, 6.45) is 0. The van der Waals surface area contributed by atoms with E-state index < -0.39 is 7.60 Å². The van der Waals surface area contributed by atoms with Crippen molar-refractivity contribution < 1.29 is 18.0 Å². The van der Waals surface area contributed by atoms with E-state index in [9.17, 15) is 4.57 Å². The number of benzene rings is 1. The largest absolute Gasteiger partial charge is 0.419 e. The molecule has 1 aromatic carbocycles. The second-order valence-electron chi connectivity index (χ2n) is 5.00. The average Bonchev–Trinajstić information content (AvgIpc) is 2.93. The minimum absolute atomic E-state index is 0.122. The molecule has 0 bridgehead atoms. The van der Waals surface area contributed by atoms with Crippen LogP contribution in [-0.4, -0.2) is 32.3 Å². The van der Waals surface area contributed by atoms with Gasteiger partial charge in [0.05, 0.1) is 23.8 Å². The molecule has 0 spiro atoms. The van der Waals surface area contributed by atoms with Crippen molar-refractivity contribution >= 4 is 42.1 Å². The van der Waals surface area contributed by atoms with E-state index >= 15 is 0 Å². The summed E-state index contributed by atoms with van der Waals surface area (Å²) in [5.74, 6) is 0.510. The number of oxazole rings is 1. The fourth-order valence-corrected chi connectivity index (χ4v) is 4.23. The topological polar surface area (TPSA) is 64.8 Å². The van der Waals surface area contributed by atoms with Crippen molar-refractivity contribution in [1.82, 2.24) is 4.98 Å². The van der Waals surface area contributed by atoms with E-state index in [4.69, 9.17) is 36.7 Å². The zero-order valence-electron chi connectivity index (χ0n) is 13.9. The zero-order chi connectivity index (χ0) is 17.9. The van der Waals surface area contributed by atoms with Gasteiger partial charge >= 0.3 is 7.60 Å². The summed E-state index contributed by atoms with van der Waals surface area (Å²) in [5, 5.41) is 0.876. The monoisotopic (exact) mass is 392 g/mol. The first-order valence-electron chi connectivity index (χ1n) is 7.35. The molecule has 0 fully saturated rings. The lowest BCUT2D eigenvalue weighted by molar-refractivity contribution is 0.229. The summed E-state index contributed by atoms with van der Waals surface area (Å²) in [6.45, 7) is 3.90. The third kappa shape index (κ3) is 3.95. The van der Waals surface area contributed by atoms with Crippen LogP contribution in [0.5, 0.6) is 0 Å². The maximum Gasteiger partial charge on any atom is 0.385 e. The molecule has 0 N–H and O–H groups in total. The van der Waals surface area contributed by atoms with Gasteiger partial charge in [-0.2, -0.15) is 4.98 Å². The molecule has 0 unspecified atom stereocenters. The quantitative estimate of drug-likeness (QED) is 0.641. The molecule has 0 saturated carbocycles. The molecule has 0 atom stereocenters. The minimum Gasteiger partial charge on any atom is -0.419 e. The van der Waals surface area contributed by atoms with Crippen molar-refractivity contribution in [2.24, 2.45) is 0 Å². The lowest BCUT2D eigenvalue weighted by atomic mass is 10.2. The second-order valence-corrected chi connectivity index (χ2v) is 7.78. The van der Waals surface area contributed by atoms with E-state index in [0.29, 0.717) is 21.5 Å². The Bertz CT molecular complexity index is 754. The first-order chi connectivity index (χ1) is 11.3. The summed E-state index contributed by atoms with van der Waals surface area (Å²) in [5.41, 5.74) is 0.659. The van der Waals surface area contributed by atoms with Crippen LogP contribution in [-0.2, 0) is 13.6 Å². The lowest BCUT2D eigenvalue weighted by Crippen LogP contribution is -2.20. The van der Waals surface area contributed by atoms with Crippen molar-refractivity contribution in [3.8, 4) is 11.5 Å². The molecule has 0 radical (unpaired) electrons. The molecule has 0 aliphatic rings. The minimum atomic E-state index is -3.60. The van der Waals surface area contributed by atoms with Gasteiger partial charge in [0, 0.05) is 19.1 Å². The summed E-state index contributed by atoms with van der Waals surface area (Å²) in [7, 11) is -0.104. The van der Waals surface area contributed by atoms with Crippen molar-refractivity contribution in [2.75, 3.05) is 32.2 Å². The smallest absolute Gasteiger partial charge is 0.385 e. The highest BCUT2D eigenvalue weighted by Crippen LogP contribution is 2.49. The van der Waals surface area contributed by atoms with E-state index in [2.05, 4.69) is 4.98 Å². The molecule has 24 heavy (non-hydrogen) atoms. The Kier molecular flexibility index (Phi) is 6.34. The van der Waals surface area contributed by atoms with Gasteiger partial charge in [0.25, 0.3) is 0 Å². The number of halogens is 2. The first kappa shape index (κ1) is 19.3. The van der Waals surface area contributed by atoms with Crippen molar-refractivity contribution in [1.29, 1.82) is 0 Å². The van der Waals surface area contributed by atoms with Crippen LogP contribution in [0.25, 0.3) is 11.5 Å². The van der Waals surface area contributed by atoms with Crippen LogP contribution in [0, 0.1) is 0 Å². The predicted octanol–water partition coefficient (Wildman–Crippen LogP) is 4.61. The molecular formula is C15H19Cl2N2O4P. The zero-order valence-corrected chi connectivity index (χ0v) is 16.3. The van der Waals surface area contributed by atoms with E-state index in [1.807, 2.05) is 0 Å². The molecule has 0 amide bonds. The van der Waals surface area contributed by atoms with Crippen molar-refractivity contribution in [2.45, 2.75) is 13.8 Å². The van der Waals surface area contributed by atoms with Gasteiger partial charge in [-0.25, -0.2) is 0 Å². The number of hydrogen-bond donors (Lipinski definition) is 0. The fraction of sp³-hybridized carbons (Fsp3) is 0.400. The molecule has 9 heteroatoms. The Hall–Kier alpha value is -1.04. The third-order valence-electron chi connectivity index (χ3n) is 3.02. The molecule has 2 aromatic rings. The second kappa shape index (κ2) is 7.89. The highest BCUT2D eigenvalue weighted by atomic mass is 35.5. The van der Waals surface area contributed by atoms with E-state index in [1.165, 1.54) is 0 Å². The molecule has 2 rings (SSSR count). The Morgan fingerprint density at radius 1 is 1.21 bits per heavy atom. The van der Waals surface area contributed by atoms with E-state index in [1.54, 1.807) is 51.0 Å². The summed E-state index contributed by atoms with van der Waals surface area (Å²) < 4.78 is 29.6. The third-order valence-corrected chi connectivity index (χ3v) is 5.57. The summed E-state index contributed by atoms with van der Waals surface area (Å²) >= 11 is 12.1. The Balaban J connectivity index is 2.60. The Labute approximate surface area is 151 Å². The van der Waals surface area contributed by atoms with Crippen molar-refractivity contribution in [3.05, 3.63) is 28.2 Å². The summed E-state index contributed by atoms with van der Waals surface area (Å²) in [4.78, 5) is 6.01. The maximum absolute atomic E-state index is 13.1. The van der Waals surface area contributed by atoms with Gasteiger partial charge < -0.3 is 18.4 Å². The van der Waals surface area contributed by atoms with Crippen molar-refractivity contribution in [3.63, 3.8) is 0 Å². The standard InChI is InChI=1S/C15H19Cl2N2O4P/c1-5-21-24(20,22-6-2)14-15(19(3)4)23-13(18-14)11-8-7-10(16)9-12(11)17/h7-9H,5-6H2,1-4H3. The van der Waals surface area contributed by atoms with Crippen LogP contribution in [0.4, 0.5) is 5.88 Å². The molecule has 0 aliphatic carbocycles. The summed E-state index contributed by atoms with van der Waals surface area (Å²) in [6, 6.07) is 4.95. The predicted molar refractivity (Wildman–Crippen MR) is 96.8 cm³/mol. The fourth-order valence-electron chi connectivity index (χ4n) is 2.05. The molecule has 6 nitrogen and oxygen atoms in total. The average molecular weight is 393 g/mol. The van der Waals surface area contributed by atoms with Gasteiger partial charge in [-0.1, -0.05) is 23.2 Å². The highest BCUT2D eigenvalue weighted by Gasteiger charge is 2.36.